The molecule has 0 aliphatic heterocycles. The van der Waals surface area contributed by atoms with Gasteiger partial charge in [-0.05, 0) is 48.0 Å². The number of amides is 1. The molecule has 0 atom stereocenters. The van der Waals surface area contributed by atoms with E-state index in [0.717, 1.165) is 20.8 Å². The lowest BCUT2D eigenvalue weighted by atomic mass is 10.2. The molecule has 0 saturated heterocycles. The van der Waals surface area contributed by atoms with Crippen LogP contribution in [0.25, 0.3) is 20.7 Å². The van der Waals surface area contributed by atoms with E-state index < -0.39 is 25.0 Å². The first-order valence-corrected chi connectivity index (χ1v) is 11.3. The number of fused-ring (bicyclic) bond motifs is 1. The first kappa shape index (κ1) is 23.7. The molecule has 0 saturated carbocycles. The lowest BCUT2D eigenvalue weighted by Gasteiger charge is -2.19. The van der Waals surface area contributed by atoms with E-state index >= 15 is 0 Å². The average molecular weight is 489 g/mol. The van der Waals surface area contributed by atoms with E-state index in [1.165, 1.54) is 22.6 Å². The highest BCUT2D eigenvalue weighted by molar-refractivity contribution is 7.22. The quantitative estimate of drug-likeness (QED) is 0.276. The van der Waals surface area contributed by atoms with E-state index in [-0.39, 0.29) is 12.1 Å². The molecule has 2 heterocycles. The Hall–Kier alpha value is -4.49. The molecular weight excluding hydrogens is 468 g/mol. The predicted octanol–water partition coefficient (Wildman–Crippen LogP) is 3.23. The fraction of sp³-hybridized carbons (Fsp3) is 0.160. The molecule has 4 rings (SSSR count). The first-order valence-electron chi connectivity index (χ1n) is 10.5. The number of ether oxygens (including phenoxy) is 2. The predicted molar refractivity (Wildman–Crippen MR) is 131 cm³/mol. The number of esters is 1. The highest BCUT2D eigenvalue weighted by atomic mass is 32.1. The van der Waals surface area contributed by atoms with Gasteiger partial charge in [0.25, 0.3) is 11.5 Å². The lowest BCUT2D eigenvalue weighted by molar-refractivity contribution is -0.148. The lowest BCUT2D eigenvalue weighted by Crippen LogP contribution is -2.35. The van der Waals surface area contributed by atoms with Gasteiger partial charge >= 0.3 is 5.97 Å². The summed E-state index contributed by atoms with van der Waals surface area (Å²) in [6.07, 6.45) is 1.28. The molecule has 0 spiro atoms. The second kappa shape index (κ2) is 10.6. The van der Waals surface area contributed by atoms with Gasteiger partial charge in [-0.3, -0.25) is 23.9 Å². The van der Waals surface area contributed by atoms with E-state index in [0.29, 0.717) is 15.9 Å². The maximum absolute atomic E-state index is 12.9. The summed E-state index contributed by atoms with van der Waals surface area (Å²) < 4.78 is 11.8. The minimum atomic E-state index is -0.765. The number of thiophene rings is 1. The van der Waals surface area contributed by atoms with Gasteiger partial charge < -0.3 is 9.47 Å². The molecule has 176 valence electrons. The summed E-state index contributed by atoms with van der Waals surface area (Å²) in [4.78, 5) is 44.2. The van der Waals surface area contributed by atoms with Crippen molar-refractivity contribution in [3.8, 4) is 22.3 Å². The SMILES string of the molecule is COc1ccc(-c2cc3ncn(CC(=O)OCC(=O)N(CC#N)c4ccccc4)c(=O)c3s2)cc1. The molecule has 0 unspecified atom stereocenters. The number of nitriles is 1. The summed E-state index contributed by atoms with van der Waals surface area (Å²) >= 11 is 1.28. The van der Waals surface area contributed by atoms with Crippen molar-refractivity contribution in [1.29, 1.82) is 5.26 Å². The van der Waals surface area contributed by atoms with Crippen LogP contribution in [-0.4, -0.2) is 41.7 Å². The van der Waals surface area contributed by atoms with Crippen LogP contribution in [0, 0.1) is 11.3 Å². The van der Waals surface area contributed by atoms with Gasteiger partial charge in [-0.2, -0.15) is 5.26 Å². The normalized spacial score (nSPS) is 10.5. The third kappa shape index (κ3) is 5.37. The number of rotatable bonds is 8. The second-order valence-corrected chi connectivity index (χ2v) is 8.42. The smallest absolute Gasteiger partial charge is 0.326 e. The van der Waals surface area contributed by atoms with Crippen molar-refractivity contribution in [1.82, 2.24) is 9.55 Å². The number of anilines is 1. The molecule has 0 N–H and O–H groups in total. The van der Waals surface area contributed by atoms with Crippen molar-refractivity contribution >= 4 is 39.1 Å². The van der Waals surface area contributed by atoms with Crippen LogP contribution in [0.4, 0.5) is 5.69 Å². The third-order valence-corrected chi connectivity index (χ3v) is 6.29. The van der Waals surface area contributed by atoms with Gasteiger partial charge in [0, 0.05) is 10.6 Å². The number of carbonyl (C=O) groups excluding carboxylic acids is 2. The monoisotopic (exact) mass is 488 g/mol. The van der Waals surface area contributed by atoms with Crippen molar-refractivity contribution in [2.75, 3.05) is 25.2 Å². The Morgan fingerprint density at radius 3 is 2.57 bits per heavy atom. The molecule has 1 amide bonds. The molecule has 10 heteroatoms. The number of para-hydroxylation sites is 1. The fourth-order valence-electron chi connectivity index (χ4n) is 3.36. The molecule has 0 radical (unpaired) electrons. The largest absolute Gasteiger partial charge is 0.497 e. The Kier molecular flexibility index (Phi) is 7.18. The summed E-state index contributed by atoms with van der Waals surface area (Å²) in [6, 6.07) is 19.8. The van der Waals surface area contributed by atoms with Gasteiger partial charge in [-0.15, -0.1) is 11.3 Å². The highest BCUT2D eigenvalue weighted by Gasteiger charge is 2.18. The number of methoxy groups -OCH3 is 1. The van der Waals surface area contributed by atoms with Crippen molar-refractivity contribution in [3.63, 3.8) is 0 Å². The topological polar surface area (TPSA) is 115 Å². The van der Waals surface area contributed by atoms with Gasteiger partial charge in [-0.1, -0.05) is 18.2 Å². The van der Waals surface area contributed by atoms with Crippen molar-refractivity contribution in [3.05, 3.63) is 77.3 Å². The van der Waals surface area contributed by atoms with Crippen molar-refractivity contribution < 1.29 is 19.1 Å². The minimum absolute atomic E-state index is 0.185. The van der Waals surface area contributed by atoms with Crippen LogP contribution in [0.5, 0.6) is 5.75 Å². The first-order chi connectivity index (χ1) is 17.0. The molecule has 9 nitrogen and oxygen atoms in total. The molecule has 0 aliphatic carbocycles. The zero-order valence-electron chi connectivity index (χ0n) is 18.7. The van der Waals surface area contributed by atoms with Crippen LogP contribution in [0.1, 0.15) is 0 Å². The molecule has 4 aromatic rings. The van der Waals surface area contributed by atoms with E-state index in [4.69, 9.17) is 14.7 Å². The van der Waals surface area contributed by atoms with Crippen LogP contribution in [0.15, 0.2) is 71.8 Å². The van der Waals surface area contributed by atoms with E-state index in [2.05, 4.69) is 4.98 Å². The zero-order chi connectivity index (χ0) is 24.8. The second-order valence-electron chi connectivity index (χ2n) is 7.37. The molecular formula is C25H20N4O5S. The Labute approximate surface area is 204 Å². The Bertz CT molecular complexity index is 1460. The molecule has 35 heavy (non-hydrogen) atoms. The van der Waals surface area contributed by atoms with E-state index in [1.807, 2.05) is 36.4 Å². The van der Waals surface area contributed by atoms with Gasteiger partial charge in [0.05, 0.1) is 25.0 Å². The summed E-state index contributed by atoms with van der Waals surface area (Å²) in [7, 11) is 1.59. The molecule has 2 aromatic heterocycles. The number of benzene rings is 2. The molecule has 0 bridgehead atoms. The third-order valence-electron chi connectivity index (χ3n) is 5.13. The zero-order valence-corrected chi connectivity index (χ0v) is 19.5. The fourth-order valence-corrected chi connectivity index (χ4v) is 4.43. The summed E-state index contributed by atoms with van der Waals surface area (Å²) in [6.45, 7) is -1.13. The van der Waals surface area contributed by atoms with E-state index in [9.17, 15) is 14.4 Å². The number of aromatic nitrogens is 2. The number of hydrogen-bond acceptors (Lipinski definition) is 8. The summed E-state index contributed by atoms with van der Waals surface area (Å²) in [5.74, 6) is -0.584. The standard InChI is InChI=1S/C25H20N4O5S/c1-33-19-9-7-17(8-10-19)21-13-20-24(35-21)25(32)28(16-27-20)14-23(31)34-15-22(30)29(12-11-26)18-5-3-2-4-6-18/h2-10,13,16H,12,14-15H2,1H3. The Balaban J connectivity index is 1.44. The number of carbonyl (C=O) groups is 2. The minimum Gasteiger partial charge on any atom is -0.497 e. The van der Waals surface area contributed by atoms with Crippen molar-refractivity contribution in [2.45, 2.75) is 6.54 Å². The summed E-state index contributed by atoms with van der Waals surface area (Å²) in [5.41, 5.74) is 1.59. The molecule has 0 aliphatic rings. The van der Waals surface area contributed by atoms with Gasteiger partial charge in [0.2, 0.25) is 0 Å². The van der Waals surface area contributed by atoms with Crippen LogP contribution >= 0.6 is 11.3 Å². The van der Waals surface area contributed by atoms with Gasteiger partial charge in [0.15, 0.2) is 6.61 Å². The van der Waals surface area contributed by atoms with Crippen LogP contribution in [0.2, 0.25) is 0 Å². The summed E-state index contributed by atoms with van der Waals surface area (Å²) in [5, 5.41) is 9.03. The number of hydrogen-bond donors (Lipinski definition) is 0. The molecule has 2 aromatic carbocycles. The Morgan fingerprint density at radius 2 is 1.89 bits per heavy atom. The van der Waals surface area contributed by atoms with E-state index in [1.54, 1.807) is 37.4 Å². The Morgan fingerprint density at radius 1 is 1.14 bits per heavy atom. The van der Waals surface area contributed by atoms with Crippen molar-refractivity contribution in [2.24, 2.45) is 0 Å². The van der Waals surface area contributed by atoms with Gasteiger partial charge in [-0.25, -0.2) is 4.98 Å². The van der Waals surface area contributed by atoms with Crippen LogP contribution in [-0.2, 0) is 20.9 Å². The molecule has 0 fully saturated rings. The van der Waals surface area contributed by atoms with Gasteiger partial charge in [0.1, 0.15) is 23.5 Å². The van der Waals surface area contributed by atoms with Crippen LogP contribution < -0.4 is 15.2 Å². The maximum Gasteiger partial charge on any atom is 0.326 e. The number of nitrogens with zero attached hydrogens (tertiary/aromatic N) is 4. The highest BCUT2D eigenvalue weighted by Crippen LogP contribution is 2.31. The maximum atomic E-state index is 12.9. The van der Waals surface area contributed by atoms with Crippen LogP contribution in [0.3, 0.4) is 0 Å². The average Bonchev–Trinajstić information content (AvgIpc) is 3.33.